The van der Waals surface area contributed by atoms with Gasteiger partial charge in [0.1, 0.15) is 0 Å². The minimum absolute atomic E-state index is 0.641. The van der Waals surface area contributed by atoms with Crippen molar-refractivity contribution >= 4 is 12.6 Å². The van der Waals surface area contributed by atoms with Crippen molar-refractivity contribution in [3.05, 3.63) is 12.7 Å². The quantitative estimate of drug-likeness (QED) is 0.374. The Bertz CT molecular complexity index is 68.3. The Kier molecular flexibility index (Phi) is 0.922. The molecule has 1 saturated carbocycles. The molecule has 1 fully saturated rings. The average Bonchev–Trinajstić information content (AvgIpc) is 2.19. The third kappa shape index (κ3) is 0.597. The predicted octanol–water partition coefficient (Wildman–Crippen LogP) is 1.49. The summed E-state index contributed by atoms with van der Waals surface area (Å²) in [6.45, 7) is 3.62. The van der Waals surface area contributed by atoms with Crippen LogP contribution in [0.4, 0.5) is 0 Å². The Hall–Kier alpha value is 0.0900. The second kappa shape index (κ2) is 1.30. The van der Waals surface area contributed by atoms with E-state index >= 15 is 0 Å². The highest BCUT2D eigenvalue weighted by Crippen LogP contribution is 2.35. The van der Waals surface area contributed by atoms with Crippen LogP contribution >= 0.6 is 12.6 Å². The molecule has 1 aliphatic carbocycles. The maximum Gasteiger partial charge on any atom is 0.00859 e. The van der Waals surface area contributed by atoms with Crippen molar-refractivity contribution in [2.75, 3.05) is 0 Å². The van der Waals surface area contributed by atoms with E-state index in [1.807, 2.05) is 6.08 Å². The molecule has 0 radical (unpaired) electrons. The summed E-state index contributed by atoms with van der Waals surface area (Å²) >= 11 is 4.18. The van der Waals surface area contributed by atoms with Gasteiger partial charge in [-0.25, -0.2) is 0 Å². The van der Waals surface area contributed by atoms with Crippen LogP contribution in [0.2, 0.25) is 0 Å². The summed E-state index contributed by atoms with van der Waals surface area (Å²) in [4.78, 5) is 0. The van der Waals surface area contributed by atoms with Gasteiger partial charge in [0.05, 0.1) is 0 Å². The average molecular weight is 100 g/mol. The fourth-order valence-electron chi connectivity index (χ4n) is 0.454. The van der Waals surface area contributed by atoms with Gasteiger partial charge >= 0.3 is 0 Å². The summed E-state index contributed by atoms with van der Waals surface area (Å²) < 4.78 is 0. The summed E-state index contributed by atoms with van der Waals surface area (Å²) in [6.07, 6.45) is 3.21. The molecule has 2 unspecified atom stereocenters. The maximum atomic E-state index is 4.18. The molecule has 0 aromatic rings. The van der Waals surface area contributed by atoms with Crippen LogP contribution < -0.4 is 0 Å². The minimum Gasteiger partial charge on any atom is -0.175 e. The fourth-order valence-corrected chi connectivity index (χ4v) is 0.819. The van der Waals surface area contributed by atoms with Gasteiger partial charge in [-0.1, -0.05) is 6.08 Å². The molecule has 0 aliphatic heterocycles. The molecule has 1 rings (SSSR count). The van der Waals surface area contributed by atoms with Crippen LogP contribution in [0.15, 0.2) is 12.7 Å². The van der Waals surface area contributed by atoms with Crippen molar-refractivity contribution < 1.29 is 0 Å². The van der Waals surface area contributed by atoms with Crippen molar-refractivity contribution in [3.8, 4) is 0 Å². The van der Waals surface area contributed by atoms with E-state index in [9.17, 15) is 0 Å². The zero-order chi connectivity index (χ0) is 4.57. The van der Waals surface area contributed by atoms with Gasteiger partial charge in [0.2, 0.25) is 0 Å². The molecule has 0 amide bonds. The molecule has 0 spiro atoms. The maximum absolute atomic E-state index is 4.18. The standard InChI is InChI=1S/C5H8S/c1-2-4-3-5(4)6/h2,4-6H,1,3H2. The third-order valence-corrected chi connectivity index (χ3v) is 1.70. The zero-order valence-electron chi connectivity index (χ0n) is 3.59. The topological polar surface area (TPSA) is 0 Å². The SMILES string of the molecule is C=CC1CC1S. The summed E-state index contributed by atoms with van der Waals surface area (Å²) in [5.41, 5.74) is 0. The Morgan fingerprint density at radius 1 is 1.83 bits per heavy atom. The normalized spacial score (nSPS) is 42.2. The molecule has 34 valence electrons. The summed E-state index contributed by atoms with van der Waals surface area (Å²) in [7, 11) is 0. The van der Waals surface area contributed by atoms with Crippen LogP contribution in [0.3, 0.4) is 0 Å². The smallest absolute Gasteiger partial charge is 0.00859 e. The predicted molar refractivity (Wildman–Crippen MR) is 31.1 cm³/mol. The summed E-state index contributed by atoms with van der Waals surface area (Å²) in [5, 5.41) is 0.641. The van der Waals surface area contributed by atoms with Crippen molar-refractivity contribution in [2.45, 2.75) is 11.7 Å². The van der Waals surface area contributed by atoms with E-state index in [-0.39, 0.29) is 0 Å². The van der Waals surface area contributed by atoms with E-state index in [1.165, 1.54) is 6.42 Å². The van der Waals surface area contributed by atoms with Gasteiger partial charge < -0.3 is 0 Å². The van der Waals surface area contributed by atoms with Crippen molar-refractivity contribution in [2.24, 2.45) is 5.92 Å². The first kappa shape index (κ1) is 4.25. The largest absolute Gasteiger partial charge is 0.175 e. The molecule has 6 heavy (non-hydrogen) atoms. The highest BCUT2D eigenvalue weighted by molar-refractivity contribution is 7.81. The molecular weight excluding hydrogens is 92.1 g/mol. The first-order valence-electron chi connectivity index (χ1n) is 2.15. The summed E-state index contributed by atoms with van der Waals surface area (Å²) in [6, 6.07) is 0. The minimum atomic E-state index is 0.641. The van der Waals surface area contributed by atoms with Crippen LogP contribution in [0, 0.1) is 5.92 Å². The number of thiol groups is 1. The monoisotopic (exact) mass is 100 g/mol. The molecule has 2 atom stereocenters. The van der Waals surface area contributed by atoms with E-state index in [0.29, 0.717) is 5.25 Å². The van der Waals surface area contributed by atoms with Gasteiger partial charge in [-0.3, -0.25) is 0 Å². The first-order valence-corrected chi connectivity index (χ1v) is 2.67. The highest BCUT2D eigenvalue weighted by atomic mass is 32.1. The molecule has 0 nitrogen and oxygen atoms in total. The van der Waals surface area contributed by atoms with Gasteiger partial charge in [0, 0.05) is 5.25 Å². The van der Waals surface area contributed by atoms with Gasteiger partial charge in [0.15, 0.2) is 0 Å². The van der Waals surface area contributed by atoms with Crippen LogP contribution in [0.1, 0.15) is 6.42 Å². The number of hydrogen-bond acceptors (Lipinski definition) is 1. The van der Waals surface area contributed by atoms with Gasteiger partial charge in [-0.15, -0.1) is 6.58 Å². The molecular formula is C5H8S. The Balaban J connectivity index is 2.25. The molecule has 1 heteroatoms. The van der Waals surface area contributed by atoms with E-state index < -0.39 is 0 Å². The molecule has 0 aromatic heterocycles. The summed E-state index contributed by atoms with van der Waals surface area (Å²) in [5.74, 6) is 0.730. The Morgan fingerprint density at radius 3 is 2.33 bits per heavy atom. The van der Waals surface area contributed by atoms with E-state index in [0.717, 1.165) is 5.92 Å². The highest BCUT2D eigenvalue weighted by Gasteiger charge is 2.29. The lowest BCUT2D eigenvalue weighted by Crippen LogP contribution is -1.65. The van der Waals surface area contributed by atoms with E-state index in [4.69, 9.17) is 0 Å². The molecule has 0 aromatic carbocycles. The molecule has 0 heterocycles. The van der Waals surface area contributed by atoms with Crippen LogP contribution in [0.25, 0.3) is 0 Å². The Morgan fingerprint density at radius 2 is 2.33 bits per heavy atom. The second-order valence-corrected chi connectivity index (χ2v) is 2.37. The lowest BCUT2D eigenvalue weighted by molar-refractivity contribution is 1.14. The van der Waals surface area contributed by atoms with Gasteiger partial charge in [-0.05, 0) is 12.3 Å². The lowest BCUT2D eigenvalue weighted by atomic mass is 10.4. The first-order chi connectivity index (χ1) is 2.84. The molecule has 1 aliphatic rings. The van der Waals surface area contributed by atoms with Crippen LogP contribution in [0.5, 0.6) is 0 Å². The second-order valence-electron chi connectivity index (χ2n) is 1.70. The van der Waals surface area contributed by atoms with E-state index in [2.05, 4.69) is 19.2 Å². The fraction of sp³-hybridized carbons (Fsp3) is 0.600. The van der Waals surface area contributed by atoms with Gasteiger partial charge in [0.25, 0.3) is 0 Å². The van der Waals surface area contributed by atoms with E-state index in [1.54, 1.807) is 0 Å². The number of hydrogen-bond donors (Lipinski definition) is 1. The molecule has 0 N–H and O–H groups in total. The van der Waals surface area contributed by atoms with Crippen molar-refractivity contribution in [1.82, 2.24) is 0 Å². The van der Waals surface area contributed by atoms with Crippen molar-refractivity contribution in [3.63, 3.8) is 0 Å². The third-order valence-electron chi connectivity index (χ3n) is 1.11. The van der Waals surface area contributed by atoms with Crippen LogP contribution in [-0.2, 0) is 0 Å². The van der Waals surface area contributed by atoms with Crippen LogP contribution in [-0.4, -0.2) is 5.25 Å². The zero-order valence-corrected chi connectivity index (χ0v) is 4.49. The molecule has 0 saturated heterocycles. The van der Waals surface area contributed by atoms with Crippen molar-refractivity contribution in [1.29, 1.82) is 0 Å². The number of rotatable bonds is 1. The van der Waals surface area contributed by atoms with Gasteiger partial charge in [-0.2, -0.15) is 12.6 Å². The number of allylic oxidation sites excluding steroid dienone is 1. The lowest BCUT2D eigenvalue weighted by Gasteiger charge is -1.71. The Labute approximate surface area is 43.7 Å². The molecule has 0 bridgehead atoms.